The molecule has 2 aliphatic carbocycles. The highest BCUT2D eigenvalue weighted by Gasteiger charge is 2.29. The van der Waals surface area contributed by atoms with Gasteiger partial charge < -0.3 is 0 Å². The number of hydrogen-bond acceptors (Lipinski definition) is 0. The lowest BCUT2D eigenvalue weighted by molar-refractivity contribution is 0.177. The molecule has 0 amide bonds. The first kappa shape index (κ1) is 14.0. The van der Waals surface area contributed by atoms with Gasteiger partial charge >= 0.3 is 0 Å². The largest absolute Gasteiger partial charge is 0.106 e. The molecule has 102 valence electrons. The summed E-state index contributed by atoms with van der Waals surface area (Å²) in [5.41, 5.74) is 0. The summed E-state index contributed by atoms with van der Waals surface area (Å²) in [5.74, 6) is 11.1. The molecule has 0 saturated heterocycles. The molecule has 0 aliphatic heterocycles. The van der Waals surface area contributed by atoms with Crippen molar-refractivity contribution in [1.29, 1.82) is 0 Å². The van der Waals surface area contributed by atoms with Crippen molar-refractivity contribution in [1.82, 2.24) is 0 Å². The van der Waals surface area contributed by atoms with E-state index >= 15 is 0 Å². The van der Waals surface area contributed by atoms with Crippen molar-refractivity contribution in [2.24, 2.45) is 29.6 Å². The Hall–Kier alpha value is -0.440. The maximum absolute atomic E-state index is 3.46. The van der Waals surface area contributed by atoms with Crippen molar-refractivity contribution >= 4 is 0 Å². The summed E-state index contributed by atoms with van der Waals surface area (Å²) < 4.78 is 0. The van der Waals surface area contributed by atoms with Crippen LogP contribution in [0, 0.1) is 41.4 Å². The fourth-order valence-corrected chi connectivity index (χ4v) is 4.05. The van der Waals surface area contributed by atoms with E-state index in [4.69, 9.17) is 0 Å². The van der Waals surface area contributed by atoms with Gasteiger partial charge in [-0.2, -0.15) is 0 Å². The van der Waals surface area contributed by atoms with Crippen LogP contribution in [-0.4, -0.2) is 0 Å². The van der Waals surface area contributed by atoms with Crippen molar-refractivity contribution in [3.05, 3.63) is 0 Å². The van der Waals surface area contributed by atoms with Crippen molar-refractivity contribution in [2.45, 2.75) is 72.1 Å². The van der Waals surface area contributed by atoms with E-state index in [9.17, 15) is 0 Å². The normalized spacial score (nSPS) is 40.9. The molecule has 0 aromatic rings. The molecule has 0 spiro atoms. The summed E-state index contributed by atoms with van der Waals surface area (Å²) in [4.78, 5) is 0. The second-order valence-corrected chi connectivity index (χ2v) is 7.02. The predicted molar refractivity (Wildman–Crippen MR) is 79.2 cm³/mol. The lowest BCUT2D eigenvalue weighted by Crippen LogP contribution is -2.24. The Morgan fingerprint density at radius 2 is 1.56 bits per heavy atom. The Morgan fingerprint density at radius 1 is 0.889 bits per heavy atom. The topological polar surface area (TPSA) is 0 Å². The summed E-state index contributed by atoms with van der Waals surface area (Å²) in [7, 11) is 0. The van der Waals surface area contributed by atoms with Crippen LogP contribution >= 0.6 is 0 Å². The van der Waals surface area contributed by atoms with Crippen molar-refractivity contribution in [2.75, 3.05) is 0 Å². The van der Waals surface area contributed by atoms with Crippen molar-refractivity contribution in [3.8, 4) is 11.8 Å². The molecule has 0 aromatic heterocycles. The predicted octanol–water partition coefficient (Wildman–Crippen LogP) is 5.28. The van der Waals surface area contributed by atoms with Crippen LogP contribution in [0.25, 0.3) is 0 Å². The third-order valence-corrected chi connectivity index (χ3v) is 5.44. The molecule has 18 heavy (non-hydrogen) atoms. The van der Waals surface area contributed by atoms with Gasteiger partial charge in [0, 0.05) is 5.92 Å². The molecule has 3 atom stereocenters. The maximum atomic E-state index is 3.46. The molecule has 0 nitrogen and oxygen atoms in total. The Bertz CT molecular complexity index is 298. The van der Waals surface area contributed by atoms with Crippen LogP contribution in [0.1, 0.15) is 72.1 Å². The highest BCUT2D eigenvalue weighted by Crippen LogP contribution is 2.40. The van der Waals surface area contributed by atoms with E-state index in [-0.39, 0.29) is 0 Å². The summed E-state index contributed by atoms with van der Waals surface area (Å²) in [5, 5.41) is 0. The van der Waals surface area contributed by atoms with E-state index < -0.39 is 0 Å². The highest BCUT2D eigenvalue weighted by molar-refractivity contribution is 5.04. The molecule has 0 aromatic carbocycles. The second-order valence-electron chi connectivity index (χ2n) is 7.02. The quantitative estimate of drug-likeness (QED) is 0.582. The van der Waals surface area contributed by atoms with Gasteiger partial charge in [0.2, 0.25) is 0 Å². The maximum Gasteiger partial charge on any atom is 0.0231 e. The van der Waals surface area contributed by atoms with E-state index in [1.165, 1.54) is 51.4 Å². The first-order valence-corrected chi connectivity index (χ1v) is 8.11. The van der Waals surface area contributed by atoms with E-state index in [0.717, 1.165) is 23.7 Å². The van der Waals surface area contributed by atoms with E-state index in [1.54, 1.807) is 0 Å². The Labute approximate surface area is 114 Å². The minimum Gasteiger partial charge on any atom is -0.106 e. The SMILES string of the molecule is CC#CC1CC(CC2CCC(C)CC2)CCC1C. The number of rotatable bonds is 2. The second kappa shape index (κ2) is 6.65. The molecule has 0 bridgehead atoms. The summed E-state index contributed by atoms with van der Waals surface area (Å²) in [6.45, 7) is 6.82. The highest BCUT2D eigenvalue weighted by atomic mass is 14.3. The minimum atomic E-state index is 0.691. The van der Waals surface area contributed by atoms with Gasteiger partial charge in [0.15, 0.2) is 0 Å². The molecule has 2 rings (SSSR count). The number of hydrogen-bond donors (Lipinski definition) is 0. The van der Waals surface area contributed by atoms with E-state index in [0.29, 0.717) is 5.92 Å². The average Bonchev–Trinajstić information content (AvgIpc) is 2.37. The fourth-order valence-electron chi connectivity index (χ4n) is 4.05. The van der Waals surface area contributed by atoms with Crippen LogP contribution in [0.15, 0.2) is 0 Å². The van der Waals surface area contributed by atoms with Gasteiger partial charge in [-0.3, -0.25) is 0 Å². The van der Waals surface area contributed by atoms with Crippen LogP contribution in [0.3, 0.4) is 0 Å². The van der Waals surface area contributed by atoms with Gasteiger partial charge in [-0.15, -0.1) is 5.92 Å². The van der Waals surface area contributed by atoms with E-state index in [2.05, 4.69) is 25.7 Å². The molecule has 3 unspecified atom stereocenters. The molecule has 0 heterocycles. The van der Waals surface area contributed by atoms with Gasteiger partial charge in [0.1, 0.15) is 0 Å². The zero-order chi connectivity index (χ0) is 13.0. The van der Waals surface area contributed by atoms with E-state index in [1.807, 2.05) is 6.92 Å². The molecule has 0 radical (unpaired) electrons. The molecular weight excluding hydrogens is 216 g/mol. The van der Waals surface area contributed by atoms with Gasteiger partial charge in [-0.1, -0.05) is 51.9 Å². The molecular formula is C18H30. The van der Waals surface area contributed by atoms with Crippen LogP contribution in [-0.2, 0) is 0 Å². The molecule has 2 fully saturated rings. The lowest BCUT2D eigenvalue weighted by atomic mass is 9.70. The van der Waals surface area contributed by atoms with Crippen LogP contribution in [0.5, 0.6) is 0 Å². The van der Waals surface area contributed by atoms with Gasteiger partial charge in [-0.25, -0.2) is 0 Å². The van der Waals surface area contributed by atoms with Gasteiger partial charge in [0.25, 0.3) is 0 Å². The van der Waals surface area contributed by atoms with Gasteiger partial charge in [0.05, 0.1) is 0 Å². The summed E-state index contributed by atoms with van der Waals surface area (Å²) >= 11 is 0. The molecule has 2 saturated carbocycles. The minimum absolute atomic E-state index is 0.691. The Morgan fingerprint density at radius 3 is 2.22 bits per heavy atom. The van der Waals surface area contributed by atoms with Crippen LogP contribution in [0.4, 0.5) is 0 Å². The molecule has 0 N–H and O–H groups in total. The summed E-state index contributed by atoms with van der Waals surface area (Å²) in [6.07, 6.45) is 11.7. The third-order valence-electron chi connectivity index (χ3n) is 5.44. The molecule has 2 aliphatic rings. The van der Waals surface area contributed by atoms with Crippen LogP contribution < -0.4 is 0 Å². The average molecular weight is 246 g/mol. The zero-order valence-corrected chi connectivity index (χ0v) is 12.5. The standard InChI is InChI=1S/C18H30/c1-4-5-18-13-17(11-8-15(18)3)12-16-9-6-14(2)7-10-16/h14-18H,6-13H2,1-3H3. The first-order chi connectivity index (χ1) is 8.69. The molecule has 0 heteroatoms. The summed E-state index contributed by atoms with van der Waals surface area (Å²) in [6, 6.07) is 0. The Balaban J connectivity index is 1.80. The van der Waals surface area contributed by atoms with Crippen molar-refractivity contribution < 1.29 is 0 Å². The van der Waals surface area contributed by atoms with Gasteiger partial charge in [-0.05, 0) is 49.9 Å². The lowest BCUT2D eigenvalue weighted by Gasteiger charge is -2.35. The fraction of sp³-hybridized carbons (Fsp3) is 0.889. The smallest absolute Gasteiger partial charge is 0.0231 e. The Kier molecular flexibility index (Phi) is 5.16. The van der Waals surface area contributed by atoms with Crippen molar-refractivity contribution in [3.63, 3.8) is 0 Å². The first-order valence-electron chi connectivity index (χ1n) is 8.11. The third kappa shape index (κ3) is 3.78. The van der Waals surface area contributed by atoms with Crippen LogP contribution in [0.2, 0.25) is 0 Å². The monoisotopic (exact) mass is 246 g/mol. The zero-order valence-electron chi connectivity index (χ0n) is 12.5.